The third-order valence-electron chi connectivity index (χ3n) is 3.68. The molecule has 2 aromatic carbocycles. The van der Waals surface area contributed by atoms with Gasteiger partial charge in [0.15, 0.2) is 11.6 Å². The second kappa shape index (κ2) is 8.85. The monoisotopic (exact) mass is 414 g/mol. The third-order valence-corrected chi connectivity index (χ3v) is 5.14. The summed E-state index contributed by atoms with van der Waals surface area (Å²) >= 11 is 0. The molecule has 0 saturated carbocycles. The average molecular weight is 414 g/mol. The lowest BCUT2D eigenvalue weighted by atomic mass is 10.1. The van der Waals surface area contributed by atoms with E-state index in [9.17, 15) is 32.1 Å². The standard InChI is InChI=1S/C17H16F2N2O6S/c1-11(12-3-2-4-13(9-12)21(23)24)27-17(22)7-8-20-28(25,26)14-5-6-15(18)16(19)10-14/h2-6,9-11,20H,7-8H2,1H3/t11-/m0/s1. The number of nitrogens with zero attached hydrogens (tertiary/aromatic N) is 1. The number of halogens is 2. The molecule has 2 rings (SSSR count). The minimum absolute atomic E-state index is 0.153. The van der Waals surface area contributed by atoms with Gasteiger partial charge in [-0.25, -0.2) is 21.9 Å². The highest BCUT2D eigenvalue weighted by Gasteiger charge is 2.18. The zero-order valence-corrected chi connectivity index (χ0v) is 15.4. The van der Waals surface area contributed by atoms with E-state index in [1.54, 1.807) is 6.07 Å². The number of nitro benzene ring substituents is 1. The van der Waals surface area contributed by atoms with E-state index in [0.717, 1.165) is 6.07 Å². The number of nitrogens with one attached hydrogen (secondary N) is 1. The van der Waals surface area contributed by atoms with Gasteiger partial charge in [-0.15, -0.1) is 0 Å². The molecule has 1 atom stereocenters. The van der Waals surface area contributed by atoms with Crippen LogP contribution in [0, 0.1) is 21.7 Å². The molecule has 28 heavy (non-hydrogen) atoms. The van der Waals surface area contributed by atoms with Crippen LogP contribution in [0.25, 0.3) is 0 Å². The van der Waals surface area contributed by atoms with Gasteiger partial charge in [-0.1, -0.05) is 12.1 Å². The molecule has 0 saturated heterocycles. The van der Waals surface area contributed by atoms with Gasteiger partial charge in [-0.3, -0.25) is 14.9 Å². The lowest BCUT2D eigenvalue weighted by Crippen LogP contribution is -2.27. The Balaban J connectivity index is 1.90. The summed E-state index contributed by atoms with van der Waals surface area (Å²) in [5, 5.41) is 10.8. The summed E-state index contributed by atoms with van der Waals surface area (Å²) in [5.41, 5.74) is 0.254. The molecule has 11 heteroatoms. The van der Waals surface area contributed by atoms with Gasteiger partial charge in [0, 0.05) is 18.7 Å². The van der Waals surface area contributed by atoms with Crippen LogP contribution in [0.1, 0.15) is 25.0 Å². The predicted molar refractivity (Wildman–Crippen MR) is 93.8 cm³/mol. The molecule has 0 aliphatic rings. The van der Waals surface area contributed by atoms with E-state index in [2.05, 4.69) is 4.72 Å². The van der Waals surface area contributed by atoms with Gasteiger partial charge in [-0.2, -0.15) is 0 Å². The molecular formula is C17H16F2N2O6S. The molecule has 0 amide bonds. The maximum absolute atomic E-state index is 13.2. The van der Waals surface area contributed by atoms with Crippen molar-refractivity contribution in [2.45, 2.75) is 24.3 Å². The van der Waals surface area contributed by atoms with Gasteiger partial charge in [0.25, 0.3) is 5.69 Å². The maximum Gasteiger partial charge on any atom is 0.307 e. The van der Waals surface area contributed by atoms with Crippen LogP contribution in [0.4, 0.5) is 14.5 Å². The fraction of sp³-hybridized carbons (Fsp3) is 0.235. The molecule has 0 heterocycles. The fourth-order valence-corrected chi connectivity index (χ4v) is 3.27. The Hall–Kier alpha value is -2.92. The predicted octanol–water partition coefficient (Wildman–Crippen LogP) is 2.85. The number of ether oxygens (including phenoxy) is 1. The molecule has 0 aromatic heterocycles. The number of non-ortho nitro benzene ring substituents is 1. The summed E-state index contributed by atoms with van der Waals surface area (Å²) in [6.07, 6.45) is -1.11. The third kappa shape index (κ3) is 5.54. The molecule has 150 valence electrons. The molecule has 0 spiro atoms. The average Bonchev–Trinajstić information content (AvgIpc) is 2.63. The van der Waals surface area contributed by atoms with Gasteiger partial charge in [-0.05, 0) is 30.7 Å². The molecule has 0 bridgehead atoms. The summed E-state index contributed by atoms with van der Waals surface area (Å²) < 4.78 is 57.3. The Kier molecular flexibility index (Phi) is 6.75. The number of benzene rings is 2. The van der Waals surface area contributed by atoms with Crippen LogP contribution in [-0.4, -0.2) is 25.9 Å². The number of nitro groups is 1. The molecule has 0 unspecified atom stereocenters. The lowest BCUT2D eigenvalue weighted by molar-refractivity contribution is -0.385. The quantitative estimate of drug-likeness (QED) is 0.403. The first-order valence-electron chi connectivity index (χ1n) is 7.98. The van der Waals surface area contributed by atoms with E-state index >= 15 is 0 Å². The first-order chi connectivity index (χ1) is 13.1. The van der Waals surface area contributed by atoms with E-state index in [0.29, 0.717) is 17.7 Å². The van der Waals surface area contributed by atoms with E-state index in [1.807, 2.05) is 0 Å². The van der Waals surface area contributed by atoms with Crippen LogP contribution in [0.3, 0.4) is 0 Å². The Labute approximate surface area is 159 Å². The van der Waals surface area contributed by atoms with E-state index in [4.69, 9.17) is 4.74 Å². The van der Waals surface area contributed by atoms with Gasteiger partial charge >= 0.3 is 5.97 Å². The minimum atomic E-state index is -4.13. The van der Waals surface area contributed by atoms with Crippen molar-refractivity contribution < 1.29 is 31.7 Å². The van der Waals surface area contributed by atoms with Crippen molar-refractivity contribution in [3.05, 3.63) is 69.8 Å². The second-order valence-electron chi connectivity index (χ2n) is 5.71. The zero-order chi connectivity index (χ0) is 20.9. The largest absolute Gasteiger partial charge is 0.458 e. The van der Waals surface area contributed by atoms with Crippen molar-refractivity contribution in [3.8, 4) is 0 Å². The zero-order valence-electron chi connectivity index (χ0n) is 14.6. The molecule has 0 aliphatic carbocycles. The summed E-state index contributed by atoms with van der Waals surface area (Å²) in [7, 11) is -4.13. The number of hydrogen-bond acceptors (Lipinski definition) is 6. The molecule has 0 aliphatic heterocycles. The van der Waals surface area contributed by atoms with Crippen LogP contribution < -0.4 is 4.72 Å². The minimum Gasteiger partial charge on any atom is -0.458 e. The molecule has 2 aromatic rings. The summed E-state index contributed by atoms with van der Waals surface area (Å²) in [6, 6.07) is 7.67. The molecule has 1 N–H and O–H groups in total. The van der Waals surface area contributed by atoms with Crippen molar-refractivity contribution in [2.75, 3.05) is 6.54 Å². The van der Waals surface area contributed by atoms with Crippen LogP contribution in [-0.2, 0) is 19.6 Å². The highest BCUT2D eigenvalue weighted by molar-refractivity contribution is 7.89. The number of carbonyl (C=O) groups excluding carboxylic acids is 1. The van der Waals surface area contributed by atoms with Crippen molar-refractivity contribution in [1.82, 2.24) is 4.72 Å². The number of rotatable bonds is 8. The number of esters is 1. The van der Waals surface area contributed by atoms with Crippen molar-refractivity contribution >= 4 is 21.7 Å². The van der Waals surface area contributed by atoms with Gasteiger partial charge in [0.1, 0.15) is 6.10 Å². The normalized spacial score (nSPS) is 12.4. The number of carbonyl (C=O) groups is 1. The lowest BCUT2D eigenvalue weighted by Gasteiger charge is -2.14. The second-order valence-corrected chi connectivity index (χ2v) is 7.47. The maximum atomic E-state index is 13.2. The van der Waals surface area contributed by atoms with E-state index in [1.165, 1.54) is 25.1 Å². The topological polar surface area (TPSA) is 116 Å². The number of sulfonamides is 1. The van der Waals surface area contributed by atoms with Crippen molar-refractivity contribution in [2.24, 2.45) is 0 Å². The van der Waals surface area contributed by atoms with Crippen molar-refractivity contribution in [1.29, 1.82) is 0 Å². The van der Waals surface area contributed by atoms with Gasteiger partial charge < -0.3 is 4.74 Å². The SMILES string of the molecule is C[C@H](OC(=O)CCNS(=O)(=O)c1ccc(F)c(F)c1)c1cccc([N+](=O)[O-])c1. The van der Waals surface area contributed by atoms with E-state index in [-0.39, 0.29) is 18.7 Å². The van der Waals surface area contributed by atoms with E-state index < -0.39 is 43.5 Å². The molecule has 0 fully saturated rings. The fourth-order valence-electron chi connectivity index (χ4n) is 2.23. The van der Waals surface area contributed by atoms with Crippen LogP contribution >= 0.6 is 0 Å². The smallest absolute Gasteiger partial charge is 0.307 e. The van der Waals surface area contributed by atoms with Crippen LogP contribution in [0.15, 0.2) is 47.4 Å². The molecule has 0 radical (unpaired) electrons. The molecular weight excluding hydrogens is 398 g/mol. The summed E-state index contributed by atoms with van der Waals surface area (Å²) in [4.78, 5) is 21.6. The summed E-state index contributed by atoms with van der Waals surface area (Å²) in [5.74, 6) is -3.24. The van der Waals surface area contributed by atoms with Crippen LogP contribution in [0.5, 0.6) is 0 Å². The Morgan fingerprint density at radius 2 is 1.93 bits per heavy atom. The Bertz CT molecular complexity index is 997. The first-order valence-corrected chi connectivity index (χ1v) is 9.47. The van der Waals surface area contributed by atoms with Crippen LogP contribution in [0.2, 0.25) is 0 Å². The first kappa shape index (κ1) is 21.4. The van der Waals surface area contributed by atoms with Gasteiger partial charge in [0.05, 0.1) is 16.2 Å². The molecule has 8 nitrogen and oxygen atoms in total. The van der Waals surface area contributed by atoms with Gasteiger partial charge in [0.2, 0.25) is 10.0 Å². The Morgan fingerprint density at radius 3 is 2.57 bits per heavy atom. The highest BCUT2D eigenvalue weighted by atomic mass is 32.2. The van der Waals surface area contributed by atoms with Crippen molar-refractivity contribution in [3.63, 3.8) is 0 Å². The number of hydrogen-bond donors (Lipinski definition) is 1. The summed E-state index contributed by atoms with van der Waals surface area (Å²) in [6.45, 7) is 1.18. The highest BCUT2D eigenvalue weighted by Crippen LogP contribution is 2.22. The Morgan fingerprint density at radius 1 is 1.21 bits per heavy atom.